The lowest BCUT2D eigenvalue weighted by Gasteiger charge is -2.36. The molecule has 23 heavy (non-hydrogen) atoms. The third kappa shape index (κ3) is 5.20. The number of likely N-dealkylation sites (N-methyl/N-ethyl adjacent to an activating group) is 1. The van der Waals surface area contributed by atoms with Crippen molar-refractivity contribution in [1.82, 2.24) is 4.90 Å². The number of hydrogen-bond acceptors (Lipinski definition) is 2. The first-order valence-corrected chi connectivity index (χ1v) is 8.35. The van der Waals surface area contributed by atoms with E-state index in [0.29, 0.717) is 25.3 Å². The molecule has 1 fully saturated rings. The molecule has 0 aliphatic heterocycles. The van der Waals surface area contributed by atoms with Gasteiger partial charge in [-0.15, -0.1) is 0 Å². The molecule has 5 heteroatoms. The minimum Gasteiger partial charge on any atom is -0.465 e. The summed E-state index contributed by atoms with van der Waals surface area (Å²) in [5.41, 5.74) is 7.57. The molecule has 128 valence electrons. The second-order valence-electron chi connectivity index (χ2n) is 6.69. The summed E-state index contributed by atoms with van der Waals surface area (Å²) >= 11 is 0. The number of nitrogens with zero attached hydrogens (tertiary/aromatic N) is 1. The van der Waals surface area contributed by atoms with Gasteiger partial charge in [0.1, 0.15) is 6.17 Å². The summed E-state index contributed by atoms with van der Waals surface area (Å²) < 4.78 is 13.4. The fourth-order valence-electron chi connectivity index (χ4n) is 3.59. The second-order valence-corrected chi connectivity index (χ2v) is 6.69. The van der Waals surface area contributed by atoms with Gasteiger partial charge in [0.15, 0.2) is 0 Å². The van der Waals surface area contributed by atoms with Crippen molar-refractivity contribution in [2.45, 2.75) is 44.3 Å². The van der Waals surface area contributed by atoms with Crippen LogP contribution in [0.2, 0.25) is 0 Å². The molecule has 1 aliphatic carbocycles. The van der Waals surface area contributed by atoms with Crippen LogP contribution >= 0.6 is 0 Å². The molecule has 0 saturated heterocycles. The normalized spacial score (nSPS) is 24.0. The van der Waals surface area contributed by atoms with Gasteiger partial charge in [-0.05, 0) is 49.5 Å². The minimum atomic E-state index is -0.966. The number of carboxylic acid groups (broad SMARTS) is 1. The van der Waals surface area contributed by atoms with E-state index < -0.39 is 12.3 Å². The molecule has 0 bridgehead atoms. The quantitative estimate of drug-likeness (QED) is 0.844. The standard InChI is InChI=1S/C18H27FN2O2/c1-21(18(22)23)12-17(20)16(11-13-5-3-2-4-6-13)14-7-9-15(19)10-8-14/h2-6,14-17H,7-12,20H2,1H3,(H,22,23). The molecule has 1 amide bonds. The van der Waals surface area contributed by atoms with Crippen LogP contribution in [0.5, 0.6) is 0 Å². The van der Waals surface area contributed by atoms with Crippen molar-refractivity contribution in [3.05, 3.63) is 35.9 Å². The van der Waals surface area contributed by atoms with Gasteiger partial charge < -0.3 is 15.7 Å². The number of rotatable bonds is 6. The van der Waals surface area contributed by atoms with Gasteiger partial charge in [0.2, 0.25) is 0 Å². The van der Waals surface area contributed by atoms with Crippen molar-refractivity contribution >= 4 is 6.09 Å². The van der Waals surface area contributed by atoms with Gasteiger partial charge in [0, 0.05) is 19.6 Å². The van der Waals surface area contributed by atoms with E-state index in [1.165, 1.54) is 10.5 Å². The van der Waals surface area contributed by atoms with Gasteiger partial charge in [-0.2, -0.15) is 0 Å². The number of benzene rings is 1. The van der Waals surface area contributed by atoms with Crippen LogP contribution in [0.25, 0.3) is 0 Å². The Kier molecular flexibility index (Phi) is 6.39. The summed E-state index contributed by atoms with van der Waals surface area (Å²) in [7, 11) is 1.54. The summed E-state index contributed by atoms with van der Waals surface area (Å²) in [4.78, 5) is 12.3. The highest BCUT2D eigenvalue weighted by Gasteiger charge is 2.32. The third-order valence-corrected chi connectivity index (χ3v) is 4.98. The zero-order valence-electron chi connectivity index (χ0n) is 13.7. The van der Waals surface area contributed by atoms with Gasteiger partial charge >= 0.3 is 6.09 Å². The zero-order chi connectivity index (χ0) is 16.8. The van der Waals surface area contributed by atoms with Crippen LogP contribution in [0.1, 0.15) is 31.2 Å². The van der Waals surface area contributed by atoms with E-state index in [4.69, 9.17) is 10.8 Å². The van der Waals surface area contributed by atoms with Gasteiger partial charge in [0.05, 0.1) is 0 Å². The molecule has 1 aliphatic rings. The molecular weight excluding hydrogens is 295 g/mol. The number of amides is 1. The van der Waals surface area contributed by atoms with E-state index in [9.17, 15) is 9.18 Å². The van der Waals surface area contributed by atoms with E-state index in [1.807, 2.05) is 18.2 Å². The first-order chi connectivity index (χ1) is 11.0. The van der Waals surface area contributed by atoms with Crippen LogP contribution in [0.15, 0.2) is 30.3 Å². The maximum absolute atomic E-state index is 13.4. The Morgan fingerprint density at radius 1 is 1.30 bits per heavy atom. The second kappa shape index (κ2) is 8.29. The number of alkyl halides is 1. The number of hydrogen-bond donors (Lipinski definition) is 2. The van der Waals surface area contributed by atoms with Crippen LogP contribution in [-0.2, 0) is 6.42 Å². The SMILES string of the molecule is CN(CC(N)C(Cc1ccccc1)C1CCC(F)CC1)C(=O)O. The van der Waals surface area contributed by atoms with Crippen molar-refractivity contribution in [2.24, 2.45) is 17.6 Å². The van der Waals surface area contributed by atoms with Crippen LogP contribution in [0, 0.1) is 11.8 Å². The molecule has 1 saturated carbocycles. The average Bonchev–Trinajstić information content (AvgIpc) is 2.54. The Balaban J connectivity index is 2.08. The molecule has 0 heterocycles. The molecule has 0 spiro atoms. The topological polar surface area (TPSA) is 66.6 Å². The maximum atomic E-state index is 13.4. The maximum Gasteiger partial charge on any atom is 0.407 e. The summed E-state index contributed by atoms with van der Waals surface area (Å²) in [5, 5.41) is 9.07. The predicted molar refractivity (Wildman–Crippen MR) is 89.1 cm³/mol. The molecule has 1 aromatic rings. The summed E-state index contributed by atoms with van der Waals surface area (Å²) in [6, 6.07) is 9.88. The molecule has 2 atom stereocenters. The molecule has 4 nitrogen and oxygen atoms in total. The molecule has 3 N–H and O–H groups in total. The molecular formula is C18H27FN2O2. The largest absolute Gasteiger partial charge is 0.465 e. The first-order valence-electron chi connectivity index (χ1n) is 8.35. The van der Waals surface area contributed by atoms with Crippen molar-refractivity contribution in [1.29, 1.82) is 0 Å². The lowest BCUT2D eigenvalue weighted by atomic mass is 9.73. The number of nitrogens with two attached hydrogens (primary N) is 1. The molecule has 2 unspecified atom stereocenters. The Bertz CT molecular complexity index is 489. The lowest BCUT2D eigenvalue weighted by molar-refractivity contribution is 0.126. The Morgan fingerprint density at radius 3 is 2.48 bits per heavy atom. The zero-order valence-corrected chi connectivity index (χ0v) is 13.7. The van der Waals surface area contributed by atoms with Gasteiger partial charge in [-0.25, -0.2) is 9.18 Å². The predicted octanol–water partition coefficient (Wildman–Crippen LogP) is 3.31. The molecule has 2 rings (SSSR count). The van der Waals surface area contributed by atoms with Crippen LogP contribution in [-0.4, -0.2) is 41.9 Å². The van der Waals surface area contributed by atoms with Crippen LogP contribution < -0.4 is 5.73 Å². The summed E-state index contributed by atoms with van der Waals surface area (Å²) in [6.07, 6.45) is 2.02. The van der Waals surface area contributed by atoms with Crippen molar-refractivity contribution in [3.8, 4) is 0 Å². The molecule has 1 aromatic carbocycles. The number of carbonyl (C=O) groups is 1. The Morgan fingerprint density at radius 2 is 1.91 bits per heavy atom. The van der Waals surface area contributed by atoms with Crippen LogP contribution in [0.4, 0.5) is 9.18 Å². The van der Waals surface area contributed by atoms with E-state index in [-0.39, 0.29) is 12.0 Å². The first kappa shape index (κ1) is 17.7. The van der Waals surface area contributed by atoms with E-state index in [1.54, 1.807) is 7.05 Å². The number of halogens is 1. The highest BCUT2D eigenvalue weighted by Crippen LogP contribution is 2.34. The average molecular weight is 322 g/mol. The van der Waals surface area contributed by atoms with E-state index in [0.717, 1.165) is 19.3 Å². The molecule has 0 radical (unpaired) electrons. The van der Waals surface area contributed by atoms with Crippen molar-refractivity contribution < 1.29 is 14.3 Å². The minimum absolute atomic E-state index is 0.173. The fraction of sp³-hybridized carbons (Fsp3) is 0.611. The monoisotopic (exact) mass is 322 g/mol. The highest BCUT2D eigenvalue weighted by molar-refractivity contribution is 5.64. The third-order valence-electron chi connectivity index (χ3n) is 4.98. The summed E-state index contributed by atoms with van der Waals surface area (Å²) in [5.74, 6) is 0.533. The molecule has 0 aromatic heterocycles. The Hall–Kier alpha value is -1.62. The van der Waals surface area contributed by atoms with Crippen molar-refractivity contribution in [3.63, 3.8) is 0 Å². The fourth-order valence-corrected chi connectivity index (χ4v) is 3.59. The van der Waals surface area contributed by atoms with Crippen molar-refractivity contribution in [2.75, 3.05) is 13.6 Å². The van der Waals surface area contributed by atoms with E-state index in [2.05, 4.69) is 12.1 Å². The van der Waals surface area contributed by atoms with Gasteiger partial charge in [-0.3, -0.25) is 0 Å². The smallest absolute Gasteiger partial charge is 0.407 e. The van der Waals surface area contributed by atoms with Crippen LogP contribution in [0.3, 0.4) is 0 Å². The highest BCUT2D eigenvalue weighted by atomic mass is 19.1. The van der Waals surface area contributed by atoms with Gasteiger partial charge in [-0.1, -0.05) is 30.3 Å². The lowest BCUT2D eigenvalue weighted by Crippen LogP contribution is -2.46. The Labute approximate surface area is 137 Å². The van der Waals surface area contributed by atoms with Gasteiger partial charge in [0.25, 0.3) is 0 Å². The van der Waals surface area contributed by atoms with E-state index >= 15 is 0 Å². The summed E-state index contributed by atoms with van der Waals surface area (Å²) in [6.45, 7) is 0.308.